The van der Waals surface area contributed by atoms with Gasteiger partial charge in [-0.3, -0.25) is 4.79 Å². The molecule has 0 heterocycles. The summed E-state index contributed by atoms with van der Waals surface area (Å²) in [5.41, 5.74) is 2.15. The Balaban J connectivity index is 2.05. The van der Waals surface area contributed by atoms with Crippen LogP contribution in [-0.2, 0) is 6.42 Å². The molecule has 0 radical (unpaired) electrons. The summed E-state index contributed by atoms with van der Waals surface area (Å²) in [6.07, 6.45) is 2.62. The van der Waals surface area contributed by atoms with Gasteiger partial charge in [0.05, 0.1) is 7.11 Å². The van der Waals surface area contributed by atoms with Crippen molar-refractivity contribution in [1.82, 2.24) is 0 Å². The van der Waals surface area contributed by atoms with Crippen LogP contribution in [0.15, 0.2) is 42.5 Å². The van der Waals surface area contributed by atoms with Crippen LogP contribution >= 0.6 is 0 Å². The lowest BCUT2D eigenvalue weighted by Gasteiger charge is -2.20. The number of Topliss-reactive ketones (excluding diaryl/α,β-unsaturated/α-hetero) is 1. The number of hydrogen-bond donors (Lipinski definition) is 0. The molecular weight excluding hydrogens is 284 g/mol. The summed E-state index contributed by atoms with van der Waals surface area (Å²) < 4.78 is 5.55. The highest BCUT2D eigenvalue weighted by Crippen LogP contribution is 2.41. The Kier molecular flexibility index (Phi) is 2.49. The third-order valence-corrected chi connectivity index (χ3v) is 5.21. The molecule has 0 bridgehead atoms. The number of rotatable bonds is 1. The summed E-state index contributed by atoms with van der Waals surface area (Å²) in [6.45, 7) is 0. The summed E-state index contributed by atoms with van der Waals surface area (Å²) in [5.74, 6) is 1.19. The highest BCUT2D eigenvalue weighted by atomic mass is 16.5. The second kappa shape index (κ2) is 4.45. The molecule has 0 fully saturated rings. The summed E-state index contributed by atoms with van der Waals surface area (Å²) in [4.78, 5) is 12.3. The van der Waals surface area contributed by atoms with E-state index >= 15 is 0 Å². The molecule has 112 valence electrons. The summed E-state index contributed by atoms with van der Waals surface area (Å²) in [7, 11) is 1.71. The van der Waals surface area contributed by atoms with Crippen LogP contribution in [0.1, 0.15) is 28.8 Å². The monoisotopic (exact) mass is 300 g/mol. The first-order chi connectivity index (χ1) is 11.3. The zero-order chi connectivity index (χ0) is 15.6. The lowest BCUT2D eigenvalue weighted by molar-refractivity contribution is 0.0973. The van der Waals surface area contributed by atoms with Gasteiger partial charge in [0.2, 0.25) is 0 Å². The van der Waals surface area contributed by atoms with E-state index in [1.54, 1.807) is 7.11 Å². The van der Waals surface area contributed by atoms with Crippen molar-refractivity contribution < 1.29 is 9.53 Å². The van der Waals surface area contributed by atoms with Crippen LogP contribution in [0.2, 0.25) is 0 Å². The number of ether oxygens (including phenoxy) is 1. The van der Waals surface area contributed by atoms with Crippen LogP contribution in [0.25, 0.3) is 32.3 Å². The number of hydrogen-bond acceptors (Lipinski definition) is 2. The zero-order valence-corrected chi connectivity index (χ0v) is 13.0. The molecule has 4 aromatic rings. The van der Waals surface area contributed by atoms with Gasteiger partial charge in [0, 0.05) is 22.8 Å². The van der Waals surface area contributed by atoms with Crippen LogP contribution in [0.5, 0.6) is 5.75 Å². The maximum Gasteiger partial charge on any atom is 0.163 e. The average Bonchev–Trinajstić information content (AvgIpc) is 2.59. The molecule has 0 amide bonds. The molecule has 0 saturated carbocycles. The molecular formula is C21H16O2. The number of fused-ring (bicyclic) bond motifs is 2. The first-order valence-corrected chi connectivity index (χ1v) is 8.08. The molecule has 2 heteroatoms. The Bertz CT molecular complexity index is 1090. The van der Waals surface area contributed by atoms with Crippen LogP contribution in [0.4, 0.5) is 0 Å². The lowest BCUT2D eigenvalue weighted by Crippen LogP contribution is -2.11. The minimum Gasteiger partial charge on any atom is -0.496 e. The number of benzene rings is 4. The van der Waals surface area contributed by atoms with Gasteiger partial charge in [-0.25, -0.2) is 0 Å². The Morgan fingerprint density at radius 3 is 2.48 bits per heavy atom. The smallest absolute Gasteiger partial charge is 0.163 e. The van der Waals surface area contributed by atoms with E-state index in [1.807, 2.05) is 6.07 Å². The SMILES string of the molecule is COc1ccc2ccc3cc4c(c5ccc1c2c35)CCCC4=O. The highest BCUT2D eigenvalue weighted by molar-refractivity contribution is 6.26. The van der Waals surface area contributed by atoms with Gasteiger partial charge >= 0.3 is 0 Å². The van der Waals surface area contributed by atoms with Gasteiger partial charge in [0.15, 0.2) is 5.78 Å². The number of carbonyl (C=O) groups is 1. The highest BCUT2D eigenvalue weighted by Gasteiger charge is 2.22. The van der Waals surface area contributed by atoms with Gasteiger partial charge < -0.3 is 4.74 Å². The van der Waals surface area contributed by atoms with E-state index in [2.05, 4.69) is 36.4 Å². The van der Waals surface area contributed by atoms with Gasteiger partial charge in [0.1, 0.15) is 5.75 Å². The number of aryl methyl sites for hydroxylation is 1. The molecule has 0 atom stereocenters. The molecule has 1 aliphatic rings. The van der Waals surface area contributed by atoms with Crippen molar-refractivity contribution in [3.63, 3.8) is 0 Å². The van der Waals surface area contributed by atoms with Crippen molar-refractivity contribution in [2.75, 3.05) is 7.11 Å². The standard InChI is InChI=1S/C21H16O2/c1-23-19-10-7-12-5-6-13-11-17-14(3-2-4-18(17)22)15-8-9-16(19)20(12)21(13)15/h5-11H,2-4H2,1H3. The quantitative estimate of drug-likeness (QED) is 0.456. The largest absolute Gasteiger partial charge is 0.496 e. The number of methoxy groups -OCH3 is 1. The van der Waals surface area contributed by atoms with E-state index in [1.165, 1.54) is 27.1 Å². The number of carbonyl (C=O) groups excluding carboxylic acids is 1. The van der Waals surface area contributed by atoms with E-state index in [4.69, 9.17) is 4.74 Å². The van der Waals surface area contributed by atoms with Crippen molar-refractivity contribution in [3.8, 4) is 5.75 Å². The van der Waals surface area contributed by atoms with Gasteiger partial charge in [-0.05, 0) is 58.1 Å². The van der Waals surface area contributed by atoms with E-state index in [-0.39, 0.29) is 5.78 Å². The van der Waals surface area contributed by atoms with E-state index in [0.29, 0.717) is 6.42 Å². The third-order valence-electron chi connectivity index (χ3n) is 5.21. The lowest BCUT2D eigenvalue weighted by atomic mass is 9.83. The van der Waals surface area contributed by atoms with Crippen LogP contribution < -0.4 is 4.74 Å². The summed E-state index contributed by atoms with van der Waals surface area (Å²) in [6, 6.07) is 14.8. The molecule has 0 aromatic heterocycles. The number of ketones is 1. The predicted octanol–water partition coefficient (Wildman–Crippen LogP) is 5.11. The molecule has 4 aromatic carbocycles. The minimum atomic E-state index is 0.286. The van der Waals surface area contributed by atoms with Gasteiger partial charge in [-0.2, -0.15) is 0 Å². The first kappa shape index (κ1) is 12.9. The summed E-state index contributed by atoms with van der Waals surface area (Å²) in [5, 5.41) is 7.27. The van der Waals surface area contributed by atoms with Crippen molar-refractivity contribution >= 4 is 38.1 Å². The van der Waals surface area contributed by atoms with Crippen LogP contribution in [0, 0.1) is 0 Å². The maximum absolute atomic E-state index is 12.3. The molecule has 2 nitrogen and oxygen atoms in total. The molecule has 1 aliphatic carbocycles. The second-order valence-electron chi connectivity index (χ2n) is 6.37. The van der Waals surface area contributed by atoms with Gasteiger partial charge in [0.25, 0.3) is 0 Å². The molecule has 5 rings (SSSR count). The summed E-state index contributed by atoms with van der Waals surface area (Å²) >= 11 is 0. The topological polar surface area (TPSA) is 26.3 Å². The van der Waals surface area contributed by atoms with Crippen molar-refractivity contribution in [3.05, 3.63) is 53.6 Å². The average molecular weight is 300 g/mol. The van der Waals surface area contributed by atoms with Crippen LogP contribution in [0.3, 0.4) is 0 Å². The fourth-order valence-corrected chi connectivity index (χ4v) is 4.16. The molecule has 23 heavy (non-hydrogen) atoms. The van der Waals surface area contributed by atoms with E-state index < -0.39 is 0 Å². The minimum absolute atomic E-state index is 0.286. The second-order valence-corrected chi connectivity index (χ2v) is 6.37. The van der Waals surface area contributed by atoms with E-state index in [0.717, 1.165) is 34.9 Å². The fourth-order valence-electron chi connectivity index (χ4n) is 4.16. The molecule has 0 unspecified atom stereocenters. The third kappa shape index (κ3) is 1.61. The zero-order valence-electron chi connectivity index (χ0n) is 13.0. The van der Waals surface area contributed by atoms with Crippen molar-refractivity contribution in [1.29, 1.82) is 0 Å². The molecule has 0 spiro atoms. The van der Waals surface area contributed by atoms with Crippen molar-refractivity contribution in [2.45, 2.75) is 19.3 Å². The Labute approximate surface area is 134 Å². The Morgan fingerprint density at radius 2 is 1.61 bits per heavy atom. The van der Waals surface area contributed by atoms with Gasteiger partial charge in [-0.15, -0.1) is 0 Å². The molecule has 0 N–H and O–H groups in total. The Morgan fingerprint density at radius 1 is 0.870 bits per heavy atom. The van der Waals surface area contributed by atoms with Gasteiger partial charge in [-0.1, -0.05) is 24.3 Å². The first-order valence-electron chi connectivity index (χ1n) is 8.08. The normalized spacial score (nSPS) is 14.7. The fraction of sp³-hybridized carbons (Fsp3) is 0.190. The predicted molar refractivity (Wildman–Crippen MR) is 94.0 cm³/mol. The Hall–Kier alpha value is -2.61. The molecule has 0 aliphatic heterocycles. The van der Waals surface area contributed by atoms with Crippen LogP contribution in [-0.4, -0.2) is 12.9 Å². The molecule has 0 saturated heterocycles. The van der Waals surface area contributed by atoms with E-state index in [9.17, 15) is 4.79 Å². The van der Waals surface area contributed by atoms with Crippen molar-refractivity contribution in [2.24, 2.45) is 0 Å². The maximum atomic E-state index is 12.3.